The number of piperazine rings is 1. The van der Waals surface area contributed by atoms with Crippen molar-refractivity contribution in [3.8, 4) is 0 Å². The van der Waals surface area contributed by atoms with E-state index < -0.39 is 0 Å². The van der Waals surface area contributed by atoms with E-state index in [0.717, 1.165) is 12.5 Å². The first kappa shape index (κ1) is 21.0. The molecule has 0 spiro atoms. The Labute approximate surface area is 159 Å². The van der Waals surface area contributed by atoms with Gasteiger partial charge >= 0.3 is 0 Å². The Morgan fingerprint density at radius 2 is 1.74 bits per heavy atom. The third-order valence-electron chi connectivity index (χ3n) is 5.02. The summed E-state index contributed by atoms with van der Waals surface area (Å²) in [6.07, 6.45) is 5.29. The van der Waals surface area contributed by atoms with Gasteiger partial charge in [0.05, 0.1) is 0 Å². The molecule has 1 unspecified atom stereocenters. The maximum Gasteiger partial charge on any atom is 0.191 e. The number of rotatable bonds is 6. The number of likely N-dealkylation sites (N-methyl/N-ethyl adjacent to an activating group) is 1. The largest absolute Gasteiger partial charge is 0.356 e. The van der Waals surface area contributed by atoms with Crippen molar-refractivity contribution in [2.75, 3.05) is 52.9 Å². The summed E-state index contributed by atoms with van der Waals surface area (Å²) < 4.78 is 0. The van der Waals surface area contributed by atoms with Crippen molar-refractivity contribution in [1.29, 1.82) is 0 Å². The fourth-order valence-electron chi connectivity index (χ4n) is 3.52. The van der Waals surface area contributed by atoms with Crippen LogP contribution in [-0.2, 0) is 0 Å². The molecule has 2 rings (SSSR count). The van der Waals surface area contributed by atoms with Gasteiger partial charge in [0.15, 0.2) is 5.96 Å². The molecular weight excluding hydrogens is 401 g/mol. The van der Waals surface area contributed by atoms with Gasteiger partial charge in [-0.15, -0.1) is 24.0 Å². The van der Waals surface area contributed by atoms with Crippen LogP contribution in [0.2, 0.25) is 0 Å². The third kappa shape index (κ3) is 7.56. The highest BCUT2D eigenvalue weighted by molar-refractivity contribution is 14.0. The van der Waals surface area contributed by atoms with Crippen LogP contribution in [-0.4, -0.2) is 74.7 Å². The van der Waals surface area contributed by atoms with Crippen molar-refractivity contribution in [3.63, 3.8) is 0 Å². The fourth-order valence-corrected chi connectivity index (χ4v) is 3.52. The van der Waals surface area contributed by atoms with Crippen LogP contribution in [0.4, 0.5) is 0 Å². The van der Waals surface area contributed by atoms with Crippen LogP contribution in [0.15, 0.2) is 4.99 Å². The molecule has 1 saturated heterocycles. The average molecular weight is 437 g/mol. The molecule has 0 amide bonds. The third-order valence-corrected chi connectivity index (χ3v) is 5.02. The van der Waals surface area contributed by atoms with Crippen LogP contribution >= 0.6 is 24.0 Å². The van der Waals surface area contributed by atoms with E-state index in [-0.39, 0.29) is 24.0 Å². The number of hydrogen-bond acceptors (Lipinski definition) is 3. The second-order valence-corrected chi connectivity index (χ2v) is 6.92. The summed E-state index contributed by atoms with van der Waals surface area (Å²) in [7, 11) is 1.87. The topological polar surface area (TPSA) is 42.9 Å². The molecule has 0 aromatic rings. The number of hydrogen-bond donors (Lipinski definition) is 2. The number of nitrogens with zero attached hydrogens (tertiary/aromatic N) is 3. The molecule has 5 nitrogen and oxygen atoms in total. The van der Waals surface area contributed by atoms with Crippen molar-refractivity contribution in [3.05, 3.63) is 0 Å². The van der Waals surface area contributed by atoms with Gasteiger partial charge in [0.25, 0.3) is 0 Å². The standard InChI is InChI=1S/C17H35N5.HI/c1-4-21-9-11-22(12-10-21)14-15(2)13-19-17(18-3)20-16-7-5-6-8-16;/h15-16H,4-14H2,1-3H3,(H2,18,19,20);1H. The van der Waals surface area contributed by atoms with Gasteiger partial charge in [-0.3, -0.25) is 4.99 Å². The summed E-state index contributed by atoms with van der Waals surface area (Å²) >= 11 is 0. The molecule has 0 aromatic carbocycles. The molecule has 1 saturated carbocycles. The van der Waals surface area contributed by atoms with E-state index in [1.54, 1.807) is 0 Å². The zero-order chi connectivity index (χ0) is 15.8. The summed E-state index contributed by atoms with van der Waals surface area (Å²) in [4.78, 5) is 9.50. The molecule has 6 heteroatoms. The molecule has 23 heavy (non-hydrogen) atoms. The molecule has 0 radical (unpaired) electrons. The first-order valence-electron chi connectivity index (χ1n) is 9.13. The predicted octanol–water partition coefficient (Wildman–Crippen LogP) is 1.99. The molecule has 0 bridgehead atoms. The zero-order valence-corrected chi connectivity index (χ0v) is 17.5. The van der Waals surface area contributed by atoms with Gasteiger partial charge in [0.2, 0.25) is 0 Å². The van der Waals surface area contributed by atoms with Crippen molar-refractivity contribution < 1.29 is 0 Å². The smallest absolute Gasteiger partial charge is 0.191 e. The van der Waals surface area contributed by atoms with Crippen molar-refractivity contribution in [2.24, 2.45) is 10.9 Å². The van der Waals surface area contributed by atoms with E-state index in [1.807, 2.05) is 7.05 Å². The van der Waals surface area contributed by atoms with E-state index in [9.17, 15) is 0 Å². The van der Waals surface area contributed by atoms with E-state index in [0.29, 0.717) is 12.0 Å². The molecule has 2 N–H and O–H groups in total. The SMILES string of the molecule is CCN1CCN(CC(C)CNC(=NC)NC2CCCC2)CC1.I. The Bertz CT molecular complexity index is 336. The van der Waals surface area contributed by atoms with Crippen molar-refractivity contribution in [1.82, 2.24) is 20.4 Å². The van der Waals surface area contributed by atoms with Gasteiger partial charge < -0.3 is 20.4 Å². The van der Waals surface area contributed by atoms with Crippen LogP contribution in [0.5, 0.6) is 0 Å². The quantitative estimate of drug-likeness (QED) is 0.379. The highest BCUT2D eigenvalue weighted by Crippen LogP contribution is 2.17. The second-order valence-electron chi connectivity index (χ2n) is 6.92. The Balaban J connectivity index is 0.00000264. The number of halogens is 1. The maximum atomic E-state index is 4.37. The van der Waals surface area contributed by atoms with Gasteiger partial charge in [-0.1, -0.05) is 26.7 Å². The summed E-state index contributed by atoms with van der Waals surface area (Å²) in [6.45, 7) is 12.8. The summed E-state index contributed by atoms with van der Waals surface area (Å²) in [6, 6.07) is 0.628. The highest BCUT2D eigenvalue weighted by Gasteiger charge is 2.18. The average Bonchev–Trinajstić information content (AvgIpc) is 3.05. The van der Waals surface area contributed by atoms with E-state index in [4.69, 9.17) is 0 Å². The first-order chi connectivity index (χ1) is 10.7. The minimum absolute atomic E-state index is 0. The Hall–Kier alpha value is -0.0800. The minimum Gasteiger partial charge on any atom is -0.356 e. The van der Waals surface area contributed by atoms with Crippen LogP contribution in [0.3, 0.4) is 0 Å². The Kier molecular flexibility index (Phi) is 10.5. The monoisotopic (exact) mass is 437 g/mol. The molecule has 2 aliphatic rings. The summed E-state index contributed by atoms with van der Waals surface area (Å²) in [5, 5.41) is 7.06. The van der Waals surface area contributed by atoms with Gasteiger partial charge in [-0.05, 0) is 25.3 Å². The molecule has 136 valence electrons. The Morgan fingerprint density at radius 1 is 1.13 bits per heavy atom. The van der Waals surface area contributed by atoms with Gasteiger partial charge in [-0.25, -0.2) is 0 Å². The number of guanidine groups is 1. The van der Waals surface area contributed by atoms with E-state index in [2.05, 4.69) is 39.3 Å². The molecule has 0 aromatic heterocycles. The van der Waals surface area contributed by atoms with Crippen LogP contribution < -0.4 is 10.6 Å². The second kappa shape index (κ2) is 11.5. The van der Waals surface area contributed by atoms with Gasteiger partial charge in [-0.2, -0.15) is 0 Å². The lowest BCUT2D eigenvalue weighted by molar-refractivity contribution is 0.124. The van der Waals surface area contributed by atoms with Gasteiger partial charge in [0, 0.05) is 52.4 Å². The van der Waals surface area contributed by atoms with Crippen LogP contribution in [0.1, 0.15) is 39.5 Å². The van der Waals surface area contributed by atoms with E-state index in [1.165, 1.54) is 65.0 Å². The van der Waals surface area contributed by atoms with Crippen LogP contribution in [0.25, 0.3) is 0 Å². The predicted molar refractivity (Wildman–Crippen MR) is 110 cm³/mol. The summed E-state index contributed by atoms with van der Waals surface area (Å²) in [5.41, 5.74) is 0. The first-order valence-corrected chi connectivity index (χ1v) is 9.13. The minimum atomic E-state index is 0. The molecule has 1 atom stereocenters. The molecular formula is C17H36IN5. The lowest BCUT2D eigenvalue weighted by atomic mass is 10.1. The lowest BCUT2D eigenvalue weighted by Gasteiger charge is -2.35. The zero-order valence-electron chi connectivity index (χ0n) is 15.2. The maximum absolute atomic E-state index is 4.37. The Morgan fingerprint density at radius 3 is 2.30 bits per heavy atom. The number of nitrogens with one attached hydrogen (secondary N) is 2. The fraction of sp³-hybridized carbons (Fsp3) is 0.941. The summed E-state index contributed by atoms with van der Waals surface area (Å²) in [5.74, 6) is 1.63. The molecule has 1 heterocycles. The number of aliphatic imine (C=N–C) groups is 1. The van der Waals surface area contributed by atoms with Crippen molar-refractivity contribution in [2.45, 2.75) is 45.6 Å². The normalized spacial score (nSPS) is 22.7. The highest BCUT2D eigenvalue weighted by atomic mass is 127. The molecule has 2 fully saturated rings. The van der Waals surface area contributed by atoms with Crippen molar-refractivity contribution >= 4 is 29.9 Å². The molecule has 1 aliphatic carbocycles. The lowest BCUT2D eigenvalue weighted by Crippen LogP contribution is -2.49. The van der Waals surface area contributed by atoms with Gasteiger partial charge in [0.1, 0.15) is 0 Å². The molecule has 1 aliphatic heterocycles. The van der Waals surface area contributed by atoms with Crippen LogP contribution in [0, 0.1) is 5.92 Å². The van der Waals surface area contributed by atoms with E-state index >= 15 is 0 Å².